The summed E-state index contributed by atoms with van der Waals surface area (Å²) in [6, 6.07) is 8.57. The Hall–Kier alpha value is -1.28. The summed E-state index contributed by atoms with van der Waals surface area (Å²) in [6.07, 6.45) is 4.12. The summed E-state index contributed by atoms with van der Waals surface area (Å²) in [5.41, 5.74) is 7.99. The van der Waals surface area contributed by atoms with Crippen LogP contribution in [0.25, 0.3) is 0 Å². The molecule has 15 heavy (non-hydrogen) atoms. The zero-order valence-corrected chi connectivity index (χ0v) is 9.61. The highest BCUT2D eigenvalue weighted by atomic mass is 15.1. The van der Waals surface area contributed by atoms with Gasteiger partial charge in [-0.2, -0.15) is 0 Å². The molecule has 1 aromatic rings. The predicted octanol–water partition coefficient (Wildman–Crippen LogP) is 2.34. The molecule has 0 aliphatic heterocycles. The van der Waals surface area contributed by atoms with Crippen molar-refractivity contribution in [2.75, 3.05) is 24.5 Å². The van der Waals surface area contributed by atoms with E-state index in [9.17, 15) is 0 Å². The van der Waals surface area contributed by atoms with Crippen LogP contribution in [-0.2, 0) is 0 Å². The van der Waals surface area contributed by atoms with Crippen molar-refractivity contribution in [3.8, 4) is 0 Å². The lowest BCUT2D eigenvalue weighted by Crippen LogP contribution is -2.22. The minimum atomic E-state index is 0.616. The van der Waals surface area contributed by atoms with Crippen LogP contribution >= 0.6 is 0 Å². The highest BCUT2D eigenvalue weighted by molar-refractivity contribution is 5.48. The zero-order valence-electron chi connectivity index (χ0n) is 9.61. The Bertz CT molecular complexity index is 318. The minimum absolute atomic E-state index is 0.616. The van der Waals surface area contributed by atoms with Gasteiger partial charge in [-0.1, -0.05) is 24.3 Å². The van der Waals surface area contributed by atoms with Crippen molar-refractivity contribution in [3.63, 3.8) is 0 Å². The molecule has 0 atom stereocenters. The molecular weight excluding hydrogens is 184 g/mol. The molecule has 0 saturated heterocycles. The number of nitrogens with two attached hydrogens (primary N) is 1. The first-order valence-corrected chi connectivity index (χ1v) is 5.44. The number of hydrogen-bond acceptors (Lipinski definition) is 2. The first-order chi connectivity index (χ1) is 7.27. The highest BCUT2D eigenvalue weighted by Gasteiger charge is 2.00. The quantitative estimate of drug-likeness (QED) is 0.746. The molecule has 0 aliphatic rings. The standard InChI is InChI=1S/C13H20N2/c1-3-15(10-5-4-9-14)13-8-6-7-12(2)11-13/h4-8,11H,3,9-10,14H2,1-2H3. The van der Waals surface area contributed by atoms with Gasteiger partial charge in [0.05, 0.1) is 0 Å². The van der Waals surface area contributed by atoms with Crippen molar-refractivity contribution in [1.82, 2.24) is 0 Å². The molecule has 82 valence electrons. The van der Waals surface area contributed by atoms with Gasteiger partial charge in [0.15, 0.2) is 0 Å². The van der Waals surface area contributed by atoms with E-state index < -0.39 is 0 Å². The molecule has 2 N–H and O–H groups in total. The molecule has 0 aliphatic carbocycles. The van der Waals surface area contributed by atoms with Crippen LogP contribution in [0.5, 0.6) is 0 Å². The van der Waals surface area contributed by atoms with Crippen molar-refractivity contribution in [2.24, 2.45) is 5.73 Å². The summed E-state index contributed by atoms with van der Waals surface area (Å²) < 4.78 is 0. The van der Waals surface area contributed by atoms with Crippen LogP contribution < -0.4 is 10.6 Å². The third-order valence-electron chi connectivity index (χ3n) is 2.38. The molecule has 0 fully saturated rings. The molecule has 0 bridgehead atoms. The monoisotopic (exact) mass is 204 g/mol. The molecule has 2 heteroatoms. The Morgan fingerprint density at radius 3 is 2.73 bits per heavy atom. The second kappa shape index (κ2) is 6.25. The minimum Gasteiger partial charge on any atom is -0.368 e. The Labute approximate surface area is 92.4 Å². The average molecular weight is 204 g/mol. The molecule has 1 rings (SSSR count). The maximum absolute atomic E-state index is 5.41. The van der Waals surface area contributed by atoms with E-state index in [1.165, 1.54) is 11.3 Å². The van der Waals surface area contributed by atoms with Gasteiger partial charge in [0.2, 0.25) is 0 Å². The van der Waals surface area contributed by atoms with E-state index in [0.717, 1.165) is 13.1 Å². The zero-order chi connectivity index (χ0) is 11.1. The van der Waals surface area contributed by atoms with Gasteiger partial charge in [0.25, 0.3) is 0 Å². The molecule has 0 amide bonds. The van der Waals surface area contributed by atoms with Crippen molar-refractivity contribution in [2.45, 2.75) is 13.8 Å². The Kier molecular flexibility index (Phi) is 4.91. The van der Waals surface area contributed by atoms with E-state index in [-0.39, 0.29) is 0 Å². The van der Waals surface area contributed by atoms with E-state index in [2.05, 4.69) is 49.1 Å². The van der Waals surface area contributed by atoms with Crippen LogP contribution in [-0.4, -0.2) is 19.6 Å². The largest absolute Gasteiger partial charge is 0.368 e. The number of anilines is 1. The topological polar surface area (TPSA) is 29.3 Å². The second-order valence-electron chi connectivity index (χ2n) is 3.58. The van der Waals surface area contributed by atoms with Crippen molar-refractivity contribution < 1.29 is 0 Å². The van der Waals surface area contributed by atoms with Crippen LogP contribution in [0.1, 0.15) is 12.5 Å². The molecular formula is C13H20N2. The van der Waals surface area contributed by atoms with Gasteiger partial charge in [-0.25, -0.2) is 0 Å². The average Bonchev–Trinajstić information content (AvgIpc) is 2.24. The van der Waals surface area contributed by atoms with E-state index in [4.69, 9.17) is 5.73 Å². The first kappa shape index (κ1) is 11.8. The van der Waals surface area contributed by atoms with Gasteiger partial charge >= 0.3 is 0 Å². The second-order valence-corrected chi connectivity index (χ2v) is 3.58. The summed E-state index contributed by atoms with van der Waals surface area (Å²) >= 11 is 0. The fraction of sp³-hybridized carbons (Fsp3) is 0.385. The Morgan fingerprint density at radius 2 is 2.13 bits per heavy atom. The molecule has 0 unspecified atom stereocenters. The summed E-state index contributed by atoms with van der Waals surface area (Å²) in [6.45, 7) is 6.84. The van der Waals surface area contributed by atoms with Gasteiger partial charge in [-0.15, -0.1) is 0 Å². The molecule has 0 aromatic heterocycles. The molecule has 0 saturated carbocycles. The number of nitrogens with zero attached hydrogens (tertiary/aromatic N) is 1. The van der Waals surface area contributed by atoms with Gasteiger partial charge in [-0.05, 0) is 31.5 Å². The van der Waals surface area contributed by atoms with Gasteiger partial charge in [0, 0.05) is 25.3 Å². The molecule has 0 radical (unpaired) electrons. The maximum atomic E-state index is 5.41. The Balaban J connectivity index is 2.69. The smallest absolute Gasteiger partial charge is 0.0371 e. The summed E-state index contributed by atoms with van der Waals surface area (Å²) in [5, 5.41) is 0. The number of hydrogen-bond donors (Lipinski definition) is 1. The molecule has 0 spiro atoms. The number of likely N-dealkylation sites (N-methyl/N-ethyl adjacent to an activating group) is 1. The predicted molar refractivity (Wildman–Crippen MR) is 67.3 cm³/mol. The molecule has 2 nitrogen and oxygen atoms in total. The summed E-state index contributed by atoms with van der Waals surface area (Å²) in [7, 11) is 0. The first-order valence-electron chi connectivity index (χ1n) is 5.44. The van der Waals surface area contributed by atoms with Crippen LogP contribution in [0, 0.1) is 6.92 Å². The van der Waals surface area contributed by atoms with E-state index >= 15 is 0 Å². The number of rotatable bonds is 5. The summed E-state index contributed by atoms with van der Waals surface area (Å²) in [4.78, 5) is 2.32. The molecule has 1 aromatic carbocycles. The van der Waals surface area contributed by atoms with Crippen molar-refractivity contribution in [3.05, 3.63) is 42.0 Å². The van der Waals surface area contributed by atoms with E-state index in [0.29, 0.717) is 6.54 Å². The van der Waals surface area contributed by atoms with Crippen molar-refractivity contribution in [1.29, 1.82) is 0 Å². The Morgan fingerprint density at radius 1 is 1.33 bits per heavy atom. The molecule has 0 heterocycles. The summed E-state index contributed by atoms with van der Waals surface area (Å²) in [5.74, 6) is 0. The lowest BCUT2D eigenvalue weighted by molar-refractivity contribution is 0.903. The van der Waals surface area contributed by atoms with Gasteiger partial charge in [-0.3, -0.25) is 0 Å². The lowest BCUT2D eigenvalue weighted by atomic mass is 10.2. The van der Waals surface area contributed by atoms with E-state index in [1.54, 1.807) is 0 Å². The highest BCUT2D eigenvalue weighted by Crippen LogP contribution is 2.15. The third-order valence-corrected chi connectivity index (χ3v) is 2.38. The van der Waals surface area contributed by atoms with Gasteiger partial charge in [0.1, 0.15) is 0 Å². The van der Waals surface area contributed by atoms with Crippen LogP contribution in [0.15, 0.2) is 36.4 Å². The van der Waals surface area contributed by atoms with Crippen LogP contribution in [0.4, 0.5) is 5.69 Å². The third kappa shape index (κ3) is 3.76. The van der Waals surface area contributed by atoms with E-state index in [1.807, 2.05) is 6.08 Å². The van der Waals surface area contributed by atoms with Crippen molar-refractivity contribution >= 4 is 5.69 Å². The van der Waals surface area contributed by atoms with Crippen LogP contribution in [0.2, 0.25) is 0 Å². The SMILES string of the molecule is CCN(CC=CCN)c1cccc(C)c1. The number of benzene rings is 1. The van der Waals surface area contributed by atoms with Crippen LogP contribution in [0.3, 0.4) is 0 Å². The maximum Gasteiger partial charge on any atom is 0.0371 e. The lowest BCUT2D eigenvalue weighted by Gasteiger charge is -2.21. The fourth-order valence-electron chi connectivity index (χ4n) is 1.54. The number of aryl methyl sites for hydroxylation is 1. The fourth-order valence-corrected chi connectivity index (χ4v) is 1.54. The van der Waals surface area contributed by atoms with Gasteiger partial charge < -0.3 is 10.6 Å². The normalized spacial score (nSPS) is 10.9.